The summed E-state index contributed by atoms with van der Waals surface area (Å²) < 4.78 is 4.97. The van der Waals surface area contributed by atoms with Crippen LogP contribution in [0.4, 0.5) is 11.4 Å². The Balaban J connectivity index is 2.00. The Morgan fingerprint density at radius 2 is 2.32 bits per heavy atom. The van der Waals surface area contributed by atoms with Crippen LogP contribution in [0.15, 0.2) is 28.8 Å². The van der Waals surface area contributed by atoms with Crippen LogP contribution >= 0.6 is 0 Å². The molecule has 1 aliphatic rings. The molecule has 1 aromatic carbocycles. The van der Waals surface area contributed by atoms with E-state index < -0.39 is 0 Å². The normalized spacial score (nSPS) is 14.3. The van der Waals surface area contributed by atoms with Crippen molar-refractivity contribution in [3.05, 3.63) is 41.3 Å². The van der Waals surface area contributed by atoms with Crippen LogP contribution in [0.25, 0.3) is 0 Å². The van der Waals surface area contributed by atoms with Gasteiger partial charge in [0.1, 0.15) is 5.76 Å². The maximum atomic E-state index is 12.4. The van der Waals surface area contributed by atoms with E-state index >= 15 is 0 Å². The summed E-state index contributed by atoms with van der Waals surface area (Å²) in [6, 6.07) is 7.32. The highest BCUT2D eigenvalue weighted by Gasteiger charge is 2.26. The maximum Gasteiger partial charge on any atom is 0.280 e. The first kappa shape index (κ1) is 11.8. The summed E-state index contributed by atoms with van der Waals surface area (Å²) in [5.41, 5.74) is 8.99. The molecule has 98 valence electrons. The van der Waals surface area contributed by atoms with Crippen molar-refractivity contribution in [3.8, 4) is 0 Å². The molecule has 0 bridgehead atoms. The molecule has 2 N–H and O–H groups in total. The van der Waals surface area contributed by atoms with Gasteiger partial charge in [-0.1, -0.05) is 11.2 Å². The number of fused-ring (bicyclic) bond motifs is 1. The Labute approximate surface area is 111 Å². The van der Waals surface area contributed by atoms with E-state index in [0.717, 1.165) is 29.8 Å². The topological polar surface area (TPSA) is 72.4 Å². The Kier molecular flexibility index (Phi) is 2.74. The molecule has 3 rings (SSSR count). The number of anilines is 2. The van der Waals surface area contributed by atoms with E-state index in [-0.39, 0.29) is 5.91 Å². The van der Waals surface area contributed by atoms with Gasteiger partial charge in [-0.25, -0.2) is 0 Å². The van der Waals surface area contributed by atoms with E-state index in [1.54, 1.807) is 17.9 Å². The van der Waals surface area contributed by atoms with Crippen molar-refractivity contribution in [3.63, 3.8) is 0 Å². The number of nitrogens with zero attached hydrogens (tertiary/aromatic N) is 2. The summed E-state index contributed by atoms with van der Waals surface area (Å²) >= 11 is 0. The smallest absolute Gasteiger partial charge is 0.280 e. The van der Waals surface area contributed by atoms with Crippen LogP contribution < -0.4 is 10.6 Å². The SMILES string of the molecule is Cc1cc(C(=O)N2CCCc3c(N)cccc32)no1. The van der Waals surface area contributed by atoms with Crippen LogP contribution in [-0.2, 0) is 6.42 Å². The number of rotatable bonds is 1. The minimum absolute atomic E-state index is 0.136. The molecule has 5 nitrogen and oxygen atoms in total. The number of carbonyl (C=O) groups is 1. The number of amides is 1. The van der Waals surface area contributed by atoms with Crippen LogP contribution in [0.2, 0.25) is 0 Å². The van der Waals surface area contributed by atoms with Crippen LogP contribution in [0.1, 0.15) is 28.2 Å². The Hall–Kier alpha value is -2.30. The van der Waals surface area contributed by atoms with Gasteiger partial charge in [-0.3, -0.25) is 4.79 Å². The van der Waals surface area contributed by atoms with E-state index in [0.29, 0.717) is 18.0 Å². The summed E-state index contributed by atoms with van der Waals surface area (Å²) in [4.78, 5) is 14.2. The lowest BCUT2D eigenvalue weighted by atomic mass is 9.99. The van der Waals surface area contributed by atoms with Crippen molar-refractivity contribution in [2.24, 2.45) is 0 Å². The molecule has 0 aliphatic carbocycles. The number of nitrogens with two attached hydrogens (primary N) is 1. The van der Waals surface area contributed by atoms with Gasteiger partial charge in [0.25, 0.3) is 5.91 Å². The molecule has 0 unspecified atom stereocenters. The first-order valence-corrected chi connectivity index (χ1v) is 6.29. The molecule has 2 aromatic rings. The highest BCUT2D eigenvalue weighted by molar-refractivity contribution is 6.05. The molecule has 0 fully saturated rings. The van der Waals surface area contributed by atoms with Crippen LogP contribution in [0.3, 0.4) is 0 Å². The minimum Gasteiger partial charge on any atom is -0.398 e. The third kappa shape index (κ3) is 1.97. The zero-order valence-electron chi connectivity index (χ0n) is 10.7. The maximum absolute atomic E-state index is 12.4. The quantitative estimate of drug-likeness (QED) is 0.794. The largest absolute Gasteiger partial charge is 0.398 e. The number of hydrogen-bond acceptors (Lipinski definition) is 4. The number of hydrogen-bond donors (Lipinski definition) is 1. The number of aryl methyl sites for hydroxylation is 1. The fourth-order valence-electron chi connectivity index (χ4n) is 2.47. The lowest BCUT2D eigenvalue weighted by Crippen LogP contribution is -2.35. The molecule has 2 heterocycles. The van der Waals surface area contributed by atoms with Crippen molar-refractivity contribution in [1.82, 2.24) is 5.16 Å². The second-order valence-electron chi connectivity index (χ2n) is 4.73. The lowest BCUT2D eigenvalue weighted by Gasteiger charge is -2.29. The highest BCUT2D eigenvalue weighted by Crippen LogP contribution is 2.32. The van der Waals surface area contributed by atoms with Gasteiger partial charge in [0.2, 0.25) is 0 Å². The highest BCUT2D eigenvalue weighted by atomic mass is 16.5. The van der Waals surface area contributed by atoms with Gasteiger partial charge in [0.15, 0.2) is 5.69 Å². The number of benzene rings is 1. The molecule has 19 heavy (non-hydrogen) atoms. The van der Waals surface area contributed by atoms with Gasteiger partial charge < -0.3 is 15.2 Å². The molecule has 0 atom stereocenters. The average molecular weight is 257 g/mol. The molecule has 1 aliphatic heterocycles. The second kappa shape index (κ2) is 4.42. The van der Waals surface area contributed by atoms with E-state index in [9.17, 15) is 4.79 Å². The number of nitrogen functional groups attached to an aromatic ring is 1. The third-order valence-corrected chi connectivity index (χ3v) is 3.38. The van der Waals surface area contributed by atoms with Crippen molar-refractivity contribution >= 4 is 17.3 Å². The third-order valence-electron chi connectivity index (χ3n) is 3.38. The molecule has 0 radical (unpaired) electrons. The van der Waals surface area contributed by atoms with Crippen molar-refractivity contribution in [2.75, 3.05) is 17.2 Å². The van der Waals surface area contributed by atoms with Gasteiger partial charge >= 0.3 is 0 Å². The summed E-state index contributed by atoms with van der Waals surface area (Å²) in [6.07, 6.45) is 1.81. The Bertz CT molecular complexity index is 633. The fraction of sp³-hybridized carbons (Fsp3) is 0.286. The molecular weight excluding hydrogens is 242 g/mol. The minimum atomic E-state index is -0.136. The van der Waals surface area contributed by atoms with Crippen molar-refractivity contribution in [2.45, 2.75) is 19.8 Å². The van der Waals surface area contributed by atoms with Gasteiger partial charge in [0, 0.05) is 24.0 Å². The molecule has 0 saturated carbocycles. The standard InChI is InChI=1S/C14H15N3O2/c1-9-8-12(16-19-9)14(18)17-7-3-4-10-11(15)5-2-6-13(10)17/h2,5-6,8H,3-4,7,15H2,1H3. The van der Waals surface area contributed by atoms with Crippen molar-refractivity contribution in [1.29, 1.82) is 0 Å². The van der Waals surface area contributed by atoms with Crippen molar-refractivity contribution < 1.29 is 9.32 Å². The summed E-state index contributed by atoms with van der Waals surface area (Å²) in [6.45, 7) is 2.45. The molecular formula is C14H15N3O2. The molecule has 0 spiro atoms. The average Bonchev–Trinajstić information content (AvgIpc) is 2.85. The number of aromatic nitrogens is 1. The van der Waals surface area contributed by atoms with E-state index in [2.05, 4.69) is 5.16 Å². The molecule has 0 saturated heterocycles. The first-order valence-electron chi connectivity index (χ1n) is 6.29. The molecule has 1 amide bonds. The lowest BCUT2D eigenvalue weighted by molar-refractivity contribution is 0.0976. The van der Waals surface area contributed by atoms with Crippen LogP contribution in [0, 0.1) is 6.92 Å². The molecule has 5 heteroatoms. The van der Waals surface area contributed by atoms with E-state index in [1.807, 2.05) is 18.2 Å². The zero-order chi connectivity index (χ0) is 13.4. The Morgan fingerprint density at radius 1 is 1.47 bits per heavy atom. The molecule has 1 aromatic heterocycles. The summed E-state index contributed by atoms with van der Waals surface area (Å²) in [7, 11) is 0. The summed E-state index contributed by atoms with van der Waals surface area (Å²) in [5, 5.41) is 3.79. The van der Waals surface area contributed by atoms with E-state index in [1.165, 1.54) is 0 Å². The fourth-order valence-corrected chi connectivity index (χ4v) is 2.47. The summed E-state index contributed by atoms with van der Waals surface area (Å²) in [5.74, 6) is 0.497. The van der Waals surface area contributed by atoms with Gasteiger partial charge in [-0.2, -0.15) is 0 Å². The monoisotopic (exact) mass is 257 g/mol. The second-order valence-corrected chi connectivity index (χ2v) is 4.73. The van der Waals surface area contributed by atoms with Gasteiger partial charge in [-0.05, 0) is 37.5 Å². The van der Waals surface area contributed by atoms with Gasteiger partial charge in [0.05, 0.1) is 0 Å². The van der Waals surface area contributed by atoms with Crippen LogP contribution in [-0.4, -0.2) is 17.6 Å². The number of carbonyl (C=O) groups excluding carboxylic acids is 1. The van der Waals surface area contributed by atoms with Crippen LogP contribution in [0.5, 0.6) is 0 Å². The van der Waals surface area contributed by atoms with E-state index in [4.69, 9.17) is 10.3 Å². The Morgan fingerprint density at radius 3 is 3.05 bits per heavy atom. The predicted octanol–water partition coefficient (Wildman–Crippen LogP) is 2.16. The first-order chi connectivity index (χ1) is 9.16. The predicted molar refractivity (Wildman–Crippen MR) is 72.1 cm³/mol. The zero-order valence-corrected chi connectivity index (χ0v) is 10.7. The van der Waals surface area contributed by atoms with Gasteiger partial charge in [-0.15, -0.1) is 0 Å².